The van der Waals surface area contributed by atoms with Crippen LogP contribution in [-0.2, 0) is 11.2 Å². The van der Waals surface area contributed by atoms with Crippen molar-refractivity contribution in [3.63, 3.8) is 0 Å². The van der Waals surface area contributed by atoms with Crippen LogP contribution in [0.25, 0.3) is 0 Å². The number of hydrogen-bond donors (Lipinski definition) is 0. The molecule has 0 radical (unpaired) electrons. The minimum atomic E-state index is 0.267. The maximum absolute atomic E-state index is 11.0. The highest BCUT2D eigenvalue weighted by molar-refractivity contribution is 5.76. The number of carbonyl (C=O) groups is 1. The molecule has 0 fully saturated rings. The molecule has 14 heavy (non-hydrogen) atoms. The number of hydrogen-bond acceptors (Lipinski definition) is 1. The SMILES string of the molecule is CCc1ccccc1C(C)CC(C)=O. The van der Waals surface area contributed by atoms with Crippen LogP contribution in [0.1, 0.15) is 44.2 Å². The second kappa shape index (κ2) is 4.94. The summed E-state index contributed by atoms with van der Waals surface area (Å²) in [6, 6.07) is 8.38. The Balaban J connectivity index is 2.87. The van der Waals surface area contributed by atoms with E-state index in [1.807, 2.05) is 6.07 Å². The van der Waals surface area contributed by atoms with E-state index in [1.165, 1.54) is 11.1 Å². The third-order valence-corrected chi connectivity index (χ3v) is 2.56. The fourth-order valence-electron chi connectivity index (χ4n) is 1.88. The molecule has 0 aromatic heterocycles. The van der Waals surface area contributed by atoms with Gasteiger partial charge in [0, 0.05) is 6.42 Å². The molecule has 1 heteroatoms. The van der Waals surface area contributed by atoms with E-state index in [0.717, 1.165) is 6.42 Å². The Morgan fingerprint density at radius 2 is 2.00 bits per heavy atom. The second-order valence-corrected chi connectivity index (χ2v) is 3.86. The summed E-state index contributed by atoms with van der Waals surface area (Å²) in [6.45, 7) is 5.93. The minimum absolute atomic E-state index is 0.267. The molecular weight excluding hydrogens is 172 g/mol. The van der Waals surface area contributed by atoms with Crippen LogP contribution in [0.3, 0.4) is 0 Å². The highest BCUT2D eigenvalue weighted by atomic mass is 16.1. The summed E-state index contributed by atoms with van der Waals surface area (Å²) in [5, 5.41) is 0. The first-order valence-corrected chi connectivity index (χ1v) is 5.22. The monoisotopic (exact) mass is 190 g/mol. The number of benzene rings is 1. The van der Waals surface area contributed by atoms with E-state index in [2.05, 4.69) is 32.0 Å². The first-order chi connectivity index (χ1) is 6.65. The number of carbonyl (C=O) groups excluding carboxylic acids is 1. The summed E-state index contributed by atoms with van der Waals surface area (Å²) in [7, 11) is 0. The van der Waals surface area contributed by atoms with Gasteiger partial charge in [-0.05, 0) is 30.4 Å². The Hall–Kier alpha value is -1.11. The van der Waals surface area contributed by atoms with Crippen LogP contribution in [0.2, 0.25) is 0 Å². The molecule has 0 saturated heterocycles. The molecule has 1 aromatic rings. The quantitative estimate of drug-likeness (QED) is 0.711. The lowest BCUT2D eigenvalue weighted by atomic mass is 9.91. The smallest absolute Gasteiger partial charge is 0.130 e. The molecule has 0 aliphatic heterocycles. The lowest BCUT2D eigenvalue weighted by Crippen LogP contribution is -2.03. The molecule has 0 heterocycles. The van der Waals surface area contributed by atoms with Gasteiger partial charge in [-0.15, -0.1) is 0 Å². The maximum Gasteiger partial charge on any atom is 0.130 e. The Labute approximate surface area is 86.1 Å². The molecule has 0 saturated carbocycles. The predicted molar refractivity (Wildman–Crippen MR) is 59.5 cm³/mol. The van der Waals surface area contributed by atoms with Gasteiger partial charge < -0.3 is 4.79 Å². The Bertz CT molecular complexity index is 315. The summed E-state index contributed by atoms with van der Waals surface area (Å²) < 4.78 is 0. The van der Waals surface area contributed by atoms with E-state index in [-0.39, 0.29) is 5.78 Å². The summed E-state index contributed by atoms with van der Waals surface area (Å²) in [5.41, 5.74) is 2.69. The standard InChI is InChI=1S/C13H18O/c1-4-12-7-5-6-8-13(12)10(2)9-11(3)14/h5-8,10H,4,9H2,1-3H3. The molecule has 0 N–H and O–H groups in total. The molecule has 0 bridgehead atoms. The maximum atomic E-state index is 11.0. The van der Waals surface area contributed by atoms with Crippen LogP contribution >= 0.6 is 0 Å². The molecule has 1 rings (SSSR count). The average molecular weight is 190 g/mol. The Morgan fingerprint density at radius 3 is 2.57 bits per heavy atom. The van der Waals surface area contributed by atoms with Crippen LogP contribution in [0.5, 0.6) is 0 Å². The fourth-order valence-corrected chi connectivity index (χ4v) is 1.88. The van der Waals surface area contributed by atoms with Gasteiger partial charge in [0.2, 0.25) is 0 Å². The Kier molecular flexibility index (Phi) is 3.87. The highest BCUT2D eigenvalue weighted by Crippen LogP contribution is 2.23. The van der Waals surface area contributed by atoms with Crippen molar-refractivity contribution in [2.24, 2.45) is 0 Å². The summed E-state index contributed by atoms with van der Waals surface area (Å²) in [4.78, 5) is 11.0. The lowest BCUT2D eigenvalue weighted by molar-refractivity contribution is -0.117. The van der Waals surface area contributed by atoms with E-state index < -0.39 is 0 Å². The van der Waals surface area contributed by atoms with Gasteiger partial charge in [-0.3, -0.25) is 0 Å². The molecular formula is C13H18O. The van der Waals surface area contributed by atoms with E-state index in [1.54, 1.807) is 6.92 Å². The van der Waals surface area contributed by atoms with Crippen molar-refractivity contribution >= 4 is 5.78 Å². The van der Waals surface area contributed by atoms with E-state index >= 15 is 0 Å². The van der Waals surface area contributed by atoms with E-state index in [0.29, 0.717) is 12.3 Å². The largest absolute Gasteiger partial charge is 0.300 e. The molecule has 0 aliphatic carbocycles. The van der Waals surface area contributed by atoms with Gasteiger partial charge in [-0.2, -0.15) is 0 Å². The molecule has 1 atom stereocenters. The van der Waals surface area contributed by atoms with Crippen molar-refractivity contribution in [3.05, 3.63) is 35.4 Å². The first-order valence-electron chi connectivity index (χ1n) is 5.22. The third-order valence-electron chi connectivity index (χ3n) is 2.56. The van der Waals surface area contributed by atoms with Crippen molar-refractivity contribution in [1.29, 1.82) is 0 Å². The normalized spacial score (nSPS) is 12.5. The van der Waals surface area contributed by atoms with Crippen LogP contribution in [0.4, 0.5) is 0 Å². The number of aryl methyl sites for hydroxylation is 1. The topological polar surface area (TPSA) is 17.1 Å². The molecule has 0 aliphatic rings. The molecule has 1 unspecified atom stereocenters. The lowest BCUT2D eigenvalue weighted by Gasteiger charge is -2.13. The van der Waals surface area contributed by atoms with Crippen LogP contribution < -0.4 is 0 Å². The summed E-state index contributed by atoms with van der Waals surface area (Å²) in [6.07, 6.45) is 1.69. The van der Waals surface area contributed by atoms with Gasteiger partial charge >= 0.3 is 0 Å². The van der Waals surface area contributed by atoms with Gasteiger partial charge in [-0.1, -0.05) is 38.1 Å². The average Bonchev–Trinajstić information content (AvgIpc) is 2.16. The predicted octanol–water partition coefficient (Wildman–Crippen LogP) is 3.33. The second-order valence-electron chi connectivity index (χ2n) is 3.86. The van der Waals surface area contributed by atoms with Crippen LogP contribution in [0, 0.1) is 0 Å². The van der Waals surface area contributed by atoms with Gasteiger partial charge in [0.05, 0.1) is 0 Å². The van der Waals surface area contributed by atoms with Crippen molar-refractivity contribution in [1.82, 2.24) is 0 Å². The first kappa shape index (κ1) is 11.0. The zero-order valence-corrected chi connectivity index (χ0v) is 9.21. The Morgan fingerprint density at radius 1 is 1.36 bits per heavy atom. The van der Waals surface area contributed by atoms with Crippen molar-refractivity contribution in [2.75, 3.05) is 0 Å². The number of ketones is 1. The molecule has 0 amide bonds. The molecule has 76 valence electrons. The van der Waals surface area contributed by atoms with Gasteiger partial charge in [-0.25, -0.2) is 0 Å². The molecule has 0 spiro atoms. The third kappa shape index (κ3) is 2.69. The van der Waals surface area contributed by atoms with E-state index in [4.69, 9.17) is 0 Å². The highest BCUT2D eigenvalue weighted by Gasteiger charge is 2.10. The number of Topliss-reactive ketones (excluding diaryl/α,β-unsaturated/α-hetero) is 1. The van der Waals surface area contributed by atoms with Crippen molar-refractivity contribution in [2.45, 2.75) is 39.5 Å². The van der Waals surface area contributed by atoms with Crippen LogP contribution in [0.15, 0.2) is 24.3 Å². The fraction of sp³-hybridized carbons (Fsp3) is 0.462. The summed E-state index contributed by atoms with van der Waals surface area (Å²) in [5.74, 6) is 0.618. The zero-order chi connectivity index (χ0) is 10.6. The zero-order valence-electron chi connectivity index (χ0n) is 9.21. The van der Waals surface area contributed by atoms with Gasteiger partial charge in [0.1, 0.15) is 5.78 Å². The molecule has 1 aromatic carbocycles. The van der Waals surface area contributed by atoms with Crippen molar-refractivity contribution < 1.29 is 4.79 Å². The van der Waals surface area contributed by atoms with Gasteiger partial charge in [0.15, 0.2) is 0 Å². The number of rotatable bonds is 4. The molecule has 1 nitrogen and oxygen atoms in total. The summed E-state index contributed by atoms with van der Waals surface area (Å²) >= 11 is 0. The minimum Gasteiger partial charge on any atom is -0.300 e. The van der Waals surface area contributed by atoms with Crippen molar-refractivity contribution in [3.8, 4) is 0 Å². The van der Waals surface area contributed by atoms with E-state index in [9.17, 15) is 4.79 Å². The van der Waals surface area contributed by atoms with Crippen LogP contribution in [-0.4, -0.2) is 5.78 Å². The van der Waals surface area contributed by atoms with Gasteiger partial charge in [0.25, 0.3) is 0 Å².